The molecule has 10 amide bonds. The molecule has 1 aliphatic heterocycles. The molecule has 0 spiro atoms. The largest absolute Gasteiger partial charge is 0.481 e. The number of aliphatic carboxylic acids is 1. The standard InChI is InChI=1S/C62H110N10O17/c1-15-17-18-19-20-21-22-23-40(75)30-48(76)63-42(26-33(3)4)54(80)64-41(24-25-49(77)78)53(79)72-52-39(14)89-62(88)50(37(11)12)70-59(85)47(32-74)69-56(82)44(28-35(7)8)65-55(81)43(27-34(5)6)66-58(84)46(31-73)68-57(83)45(29-36(9)10)67-60(86)51(38(13)16-2)71-61(52)87/h33-47,50-52,73-75H,15-32H2,1-14H3,(H,63,76)(H,64,80)(H,65,81)(H,66,84)(H,67,86)(H,68,83)(H,69,82)(H,70,85)(H,71,87)(H,72,79)(H,77,78)/t38?,39-,40?,41-,42+,43+,44+,45+,46-,47-,50+,51-,52-/m1/s1. The molecule has 1 aliphatic rings. The number of unbranched alkanes of at least 4 members (excludes halogenated alkanes) is 6. The van der Waals surface area contributed by atoms with Crippen LogP contribution >= 0.6 is 0 Å². The van der Waals surface area contributed by atoms with Crippen molar-refractivity contribution in [1.29, 1.82) is 0 Å². The van der Waals surface area contributed by atoms with Crippen molar-refractivity contribution in [2.75, 3.05) is 13.2 Å². The van der Waals surface area contributed by atoms with Gasteiger partial charge in [-0.3, -0.25) is 52.7 Å². The van der Waals surface area contributed by atoms with Crippen LogP contribution in [0.5, 0.6) is 0 Å². The number of rotatable bonds is 31. The molecule has 14 N–H and O–H groups in total. The number of carbonyl (C=O) groups is 12. The number of carbonyl (C=O) groups excluding carboxylic acids is 11. The fraction of sp³-hybridized carbons (Fsp3) is 0.806. The van der Waals surface area contributed by atoms with Gasteiger partial charge >= 0.3 is 11.9 Å². The van der Waals surface area contributed by atoms with Crippen molar-refractivity contribution in [3.05, 3.63) is 0 Å². The Bertz CT molecular complexity index is 2300. The molecule has 13 atom stereocenters. The lowest BCUT2D eigenvalue weighted by molar-refractivity contribution is -0.157. The van der Waals surface area contributed by atoms with E-state index in [1.165, 1.54) is 20.8 Å². The Morgan fingerprint density at radius 3 is 1.39 bits per heavy atom. The average Bonchev–Trinajstić information content (AvgIpc) is 1.81. The van der Waals surface area contributed by atoms with Crippen LogP contribution in [-0.2, 0) is 62.3 Å². The first-order chi connectivity index (χ1) is 41.7. The molecule has 1 rings (SSSR count). The van der Waals surface area contributed by atoms with E-state index >= 15 is 0 Å². The molecule has 89 heavy (non-hydrogen) atoms. The Labute approximate surface area is 526 Å². The van der Waals surface area contributed by atoms with Crippen LogP contribution in [0.15, 0.2) is 0 Å². The van der Waals surface area contributed by atoms with Crippen molar-refractivity contribution < 1.29 is 82.7 Å². The highest BCUT2D eigenvalue weighted by Crippen LogP contribution is 2.18. The van der Waals surface area contributed by atoms with Crippen molar-refractivity contribution in [2.24, 2.45) is 35.5 Å². The Balaban J connectivity index is 4.08. The Morgan fingerprint density at radius 1 is 0.517 bits per heavy atom. The molecule has 27 nitrogen and oxygen atoms in total. The second kappa shape index (κ2) is 41.7. The molecule has 0 aromatic rings. The number of nitrogens with one attached hydrogen (secondary N) is 10. The van der Waals surface area contributed by atoms with Crippen LogP contribution in [0.25, 0.3) is 0 Å². The predicted octanol–water partition coefficient (Wildman–Crippen LogP) is 1.41. The van der Waals surface area contributed by atoms with Gasteiger partial charge < -0.3 is 78.3 Å². The van der Waals surface area contributed by atoms with E-state index < -0.39 is 182 Å². The number of esters is 1. The summed E-state index contributed by atoms with van der Waals surface area (Å²) in [4.78, 5) is 168. The van der Waals surface area contributed by atoms with Crippen LogP contribution < -0.4 is 53.2 Å². The SMILES string of the molecule is CCCCCCCCCC(O)CC(=O)N[C@@H](CC(C)C)C(=O)N[C@H](CCC(=O)O)C(=O)N[C@H]1C(=O)N[C@H](C(C)CC)C(=O)N[C@@H](CC(C)C)C(=O)N[C@H](CO)C(=O)N[C@@H](CC(C)C)C(=O)N[C@@H](CC(C)C)C(=O)N[C@H](CO)C(=O)N[C@@H](C(C)C)C(=O)O[C@@H]1C. The van der Waals surface area contributed by atoms with Gasteiger partial charge in [-0.1, -0.05) is 141 Å². The number of cyclic esters (lactones) is 1. The second-order valence-corrected chi connectivity index (χ2v) is 25.8. The van der Waals surface area contributed by atoms with Crippen LogP contribution in [0, 0.1) is 35.5 Å². The number of aliphatic hydroxyl groups excluding tert-OH is 3. The third-order valence-corrected chi connectivity index (χ3v) is 15.2. The molecule has 1 fully saturated rings. The monoisotopic (exact) mass is 1270 g/mol. The lowest BCUT2D eigenvalue weighted by Gasteiger charge is -2.32. The lowest BCUT2D eigenvalue weighted by Crippen LogP contribution is -2.63. The normalized spacial score (nSPS) is 23.9. The quantitative estimate of drug-likeness (QED) is 0.0345. The maximum absolute atomic E-state index is 14.9. The Hall–Kier alpha value is -6.48. The minimum atomic E-state index is -1.99. The highest BCUT2D eigenvalue weighted by molar-refractivity contribution is 5.99. The number of ether oxygens (including phenoxy) is 1. The van der Waals surface area contributed by atoms with Gasteiger partial charge in [-0.25, -0.2) is 4.79 Å². The molecule has 0 bridgehead atoms. The van der Waals surface area contributed by atoms with Crippen LogP contribution in [0.1, 0.15) is 200 Å². The third kappa shape index (κ3) is 30.7. The van der Waals surface area contributed by atoms with Crippen LogP contribution in [0.2, 0.25) is 0 Å². The van der Waals surface area contributed by atoms with Crippen molar-refractivity contribution >= 4 is 71.0 Å². The van der Waals surface area contributed by atoms with Crippen molar-refractivity contribution in [1.82, 2.24) is 53.2 Å². The van der Waals surface area contributed by atoms with E-state index in [9.17, 15) is 78.0 Å². The van der Waals surface area contributed by atoms with Gasteiger partial charge in [0.05, 0.1) is 25.7 Å². The first kappa shape index (κ1) is 80.5. The van der Waals surface area contributed by atoms with E-state index in [1.54, 1.807) is 69.2 Å². The van der Waals surface area contributed by atoms with Gasteiger partial charge in [-0.15, -0.1) is 0 Å². The fourth-order valence-corrected chi connectivity index (χ4v) is 9.94. The number of carboxylic acid groups (broad SMARTS) is 1. The Kier molecular flexibility index (Phi) is 37.8. The molecule has 510 valence electrons. The molecule has 0 saturated carbocycles. The molecule has 27 heteroatoms. The summed E-state index contributed by atoms with van der Waals surface area (Å²) in [7, 11) is 0. The summed E-state index contributed by atoms with van der Waals surface area (Å²) in [5.74, 6) is -14.7. The number of hydrogen-bond acceptors (Lipinski definition) is 16. The second-order valence-electron chi connectivity index (χ2n) is 25.8. The third-order valence-electron chi connectivity index (χ3n) is 15.2. The maximum atomic E-state index is 14.9. The van der Waals surface area contributed by atoms with Crippen molar-refractivity contribution in [2.45, 2.75) is 272 Å². The molecule has 1 heterocycles. The number of aliphatic hydroxyl groups is 3. The summed E-state index contributed by atoms with van der Waals surface area (Å²) < 4.78 is 5.84. The van der Waals surface area contributed by atoms with E-state index in [0.717, 1.165) is 38.5 Å². The smallest absolute Gasteiger partial charge is 0.329 e. The van der Waals surface area contributed by atoms with Crippen LogP contribution in [-0.4, -0.2) is 177 Å². The predicted molar refractivity (Wildman–Crippen MR) is 331 cm³/mol. The van der Waals surface area contributed by atoms with Crippen LogP contribution in [0.3, 0.4) is 0 Å². The minimum Gasteiger partial charge on any atom is -0.481 e. The zero-order valence-electron chi connectivity index (χ0n) is 55.2. The van der Waals surface area contributed by atoms with Gasteiger partial charge in [-0.2, -0.15) is 0 Å². The van der Waals surface area contributed by atoms with Crippen LogP contribution in [0.4, 0.5) is 0 Å². The van der Waals surface area contributed by atoms with E-state index in [1.807, 2.05) is 0 Å². The van der Waals surface area contributed by atoms with E-state index in [-0.39, 0.29) is 62.2 Å². The highest BCUT2D eigenvalue weighted by Gasteiger charge is 2.41. The summed E-state index contributed by atoms with van der Waals surface area (Å²) >= 11 is 0. The first-order valence-corrected chi connectivity index (χ1v) is 32.0. The summed E-state index contributed by atoms with van der Waals surface area (Å²) in [6.45, 7) is 21.7. The summed E-state index contributed by atoms with van der Waals surface area (Å²) in [5.41, 5.74) is 0. The van der Waals surface area contributed by atoms with Gasteiger partial charge in [0, 0.05) is 6.42 Å². The first-order valence-electron chi connectivity index (χ1n) is 32.0. The van der Waals surface area contributed by atoms with Gasteiger partial charge in [-0.05, 0) is 81.0 Å². The molecule has 0 aliphatic carbocycles. The van der Waals surface area contributed by atoms with Crippen molar-refractivity contribution in [3.63, 3.8) is 0 Å². The summed E-state index contributed by atoms with van der Waals surface area (Å²) in [6, 6.07) is -15.7. The molecular weight excluding hydrogens is 1160 g/mol. The zero-order chi connectivity index (χ0) is 67.8. The summed E-state index contributed by atoms with van der Waals surface area (Å²) in [6.07, 6.45) is 3.25. The topological polar surface area (TPSA) is 415 Å². The van der Waals surface area contributed by atoms with Gasteiger partial charge in [0.1, 0.15) is 66.5 Å². The van der Waals surface area contributed by atoms with Gasteiger partial charge in [0.15, 0.2) is 0 Å². The van der Waals surface area contributed by atoms with Gasteiger partial charge in [0.2, 0.25) is 59.1 Å². The highest BCUT2D eigenvalue weighted by atomic mass is 16.5. The number of carboxylic acids is 1. The zero-order valence-corrected chi connectivity index (χ0v) is 55.2. The van der Waals surface area contributed by atoms with E-state index in [0.29, 0.717) is 12.8 Å². The molecule has 1 saturated heterocycles. The van der Waals surface area contributed by atoms with E-state index in [4.69, 9.17) is 4.74 Å². The summed E-state index contributed by atoms with van der Waals surface area (Å²) in [5, 5.41) is 66.9. The maximum Gasteiger partial charge on any atom is 0.329 e. The van der Waals surface area contributed by atoms with Crippen molar-refractivity contribution in [3.8, 4) is 0 Å². The minimum absolute atomic E-state index is 0.00519. The molecule has 0 aromatic carbocycles. The van der Waals surface area contributed by atoms with Gasteiger partial charge in [0.25, 0.3) is 0 Å². The lowest BCUT2D eigenvalue weighted by atomic mass is 9.96. The molecule has 0 radical (unpaired) electrons. The Morgan fingerprint density at radius 2 is 0.955 bits per heavy atom. The average molecular weight is 1270 g/mol. The molecule has 2 unspecified atom stereocenters. The molecular formula is C62H110N10O17. The number of hydrogen-bond donors (Lipinski definition) is 14. The van der Waals surface area contributed by atoms with E-state index in [2.05, 4.69) is 60.1 Å². The molecule has 0 aromatic heterocycles. The number of amides is 10. The fourth-order valence-electron chi connectivity index (χ4n) is 9.94.